The van der Waals surface area contributed by atoms with Crippen LogP contribution < -0.4 is 0 Å². The lowest BCUT2D eigenvalue weighted by Crippen LogP contribution is -2.30. The molecule has 0 spiro atoms. The maximum Gasteiger partial charge on any atom is 0.0794 e. The van der Waals surface area contributed by atoms with Crippen molar-refractivity contribution in [3.63, 3.8) is 0 Å². The second-order valence-electron chi connectivity index (χ2n) is 3.66. The number of rotatable bonds is 2. The number of ether oxygens (including phenoxy) is 1. The van der Waals surface area contributed by atoms with Gasteiger partial charge >= 0.3 is 0 Å². The van der Waals surface area contributed by atoms with E-state index >= 15 is 0 Å². The predicted molar refractivity (Wildman–Crippen MR) is 53.9 cm³/mol. The summed E-state index contributed by atoms with van der Waals surface area (Å²) >= 11 is 1.59. The van der Waals surface area contributed by atoms with E-state index < -0.39 is 0 Å². The lowest BCUT2D eigenvalue weighted by molar-refractivity contribution is 0.0403. The van der Waals surface area contributed by atoms with E-state index in [4.69, 9.17) is 4.74 Å². The van der Waals surface area contributed by atoms with Gasteiger partial charge in [-0.15, -0.1) is 11.3 Å². The lowest BCUT2D eigenvalue weighted by atomic mass is 9.78. The fourth-order valence-corrected chi connectivity index (χ4v) is 2.32. The molecule has 1 saturated heterocycles. The van der Waals surface area contributed by atoms with Crippen molar-refractivity contribution < 1.29 is 4.74 Å². The van der Waals surface area contributed by atoms with E-state index in [1.54, 1.807) is 11.3 Å². The van der Waals surface area contributed by atoms with Crippen LogP contribution in [0.2, 0.25) is 0 Å². The summed E-state index contributed by atoms with van der Waals surface area (Å²) in [5, 5.41) is 11.2. The molecule has 0 atom stereocenters. The van der Waals surface area contributed by atoms with Crippen molar-refractivity contribution in [3.8, 4) is 6.07 Å². The van der Waals surface area contributed by atoms with Crippen LogP contribution in [0.5, 0.6) is 0 Å². The molecular weight excluding hydrogens is 196 g/mol. The molecule has 0 N–H and O–H groups in total. The topological polar surface area (TPSA) is 45.9 Å². The smallest absolute Gasteiger partial charge is 0.0794 e. The normalized spacial score (nSPS) is 20.2. The van der Waals surface area contributed by atoms with E-state index in [1.807, 2.05) is 10.9 Å². The summed E-state index contributed by atoms with van der Waals surface area (Å²) < 4.78 is 5.28. The molecule has 4 heteroatoms. The largest absolute Gasteiger partial charge is 0.381 e. The van der Waals surface area contributed by atoms with E-state index in [2.05, 4.69) is 11.1 Å². The average Bonchev–Trinajstić information content (AvgIpc) is 2.72. The first-order valence-corrected chi connectivity index (χ1v) is 5.65. The average molecular weight is 208 g/mol. The van der Waals surface area contributed by atoms with Gasteiger partial charge in [-0.1, -0.05) is 0 Å². The summed E-state index contributed by atoms with van der Waals surface area (Å²) in [6, 6.07) is 2.44. The Balaban J connectivity index is 2.09. The van der Waals surface area contributed by atoms with Crippen LogP contribution in [-0.4, -0.2) is 18.2 Å². The third-order valence-corrected chi connectivity index (χ3v) is 3.33. The molecule has 3 nitrogen and oxygen atoms in total. The zero-order chi connectivity index (χ0) is 9.86. The Morgan fingerprint density at radius 2 is 2.36 bits per heavy atom. The summed E-state index contributed by atoms with van der Waals surface area (Å²) in [4.78, 5) is 4.23. The van der Waals surface area contributed by atoms with E-state index in [1.165, 1.54) is 0 Å². The van der Waals surface area contributed by atoms with Crippen LogP contribution >= 0.6 is 11.3 Å². The highest BCUT2D eigenvalue weighted by atomic mass is 32.1. The van der Waals surface area contributed by atoms with Gasteiger partial charge in [0.15, 0.2) is 0 Å². The van der Waals surface area contributed by atoms with Gasteiger partial charge in [0, 0.05) is 25.0 Å². The van der Waals surface area contributed by atoms with Crippen molar-refractivity contribution in [2.24, 2.45) is 5.41 Å². The molecule has 1 fully saturated rings. The number of hydrogen-bond donors (Lipinski definition) is 0. The van der Waals surface area contributed by atoms with Crippen molar-refractivity contribution >= 4 is 11.3 Å². The van der Waals surface area contributed by atoms with Crippen molar-refractivity contribution in [3.05, 3.63) is 16.6 Å². The molecule has 2 rings (SSSR count). The molecule has 0 amide bonds. The molecule has 14 heavy (non-hydrogen) atoms. The van der Waals surface area contributed by atoms with Crippen LogP contribution in [0.4, 0.5) is 0 Å². The van der Waals surface area contributed by atoms with Gasteiger partial charge in [-0.2, -0.15) is 5.26 Å². The second-order valence-corrected chi connectivity index (χ2v) is 4.38. The Kier molecular flexibility index (Phi) is 2.80. The zero-order valence-electron chi connectivity index (χ0n) is 7.90. The van der Waals surface area contributed by atoms with Crippen molar-refractivity contribution in [2.45, 2.75) is 19.3 Å². The maximum absolute atomic E-state index is 9.21. The van der Waals surface area contributed by atoms with Gasteiger partial charge < -0.3 is 4.74 Å². The minimum absolute atomic E-state index is 0.230. The third-order valence-electron chi connectivity index (χ3n) is 2.69. The van der Waals surface area contributed by atoms with Crippen LogP contribution in [0.1, 0.15) is 18.5 Å². The molecule has 1 aliphatic rings. The molecule has 0 saturated carbocycles. The fourth-order valence-electron chi connectivity index (χ4n) is 1.76. The molecule has 0 aliphatic carbocycles. The quantitative estimate of drug-likeness (QED) is 0.746. The van der Waals surface area contributed by atoms with Crippen LogP contribution in [0, 0.1) is 16.7 Å². The van der Waals surface area contributed by atoms with Gasteiger partial charge in [0.2, 0.25) is 0 Å². The van der Waals surface area contributed by atoms with Gasteiger partial charge in [0.25, 0.3) is 0 Å². The molecule has 0 bridgehead atoms. The van der Waals surface area contributed by atoms with Gasteiger partial charge in [-0.05, 0) is 12.8 Å². The molecule has 74 valence electrons. The number of aromatic nitrogens is 1. The van der Waals surface area contributed by atoms with Crippen LogP contribution in [-0.2, 0) is 11.2 Å². The summed E-state index contributed by atoms with van der Waals surface area (Å²) in [6.07, 6.45) is 2.44. The molecule has 2 heterocycles. The molecule has 0 aromatic carbocycles. The first kappa shape index (κ1) is 9.63. The Bertz CT molecular complexity index is 322. The van der Waals surface area contributed by atoms with Crippen molar-refractivity contribution in [1.29, 1.82) is 5.26 Å². The molecule has 1 aromatic rings. The van der Waals surface area contributed by atoms with Crippen LogP contribution in [0.15, 0.2) is 10.9 Å². The second kappa shape index (κ2) is 4.07. The van der Waals surface area contributed by atoms with E-state index in [-0.39, 0.29) is 5.41 Å². The standard InChI is InChI=1S/C10H12N2OS/c11-7-10(1-3-13-4-2-10)5-9-6-14-8-12-9/h6,8H,1-5H2. The first-order valence-electron chi connectivity index (χ1n) is 4.71. The summed E-state index contributed by atoms with van der Waals surface area (Å²) in [5.74, 6) is 0. The molecule has 0 unspecified atom stereocenters. The lowest BCUT2D eigenvalue weighted by Gasteiger charge is -2.29. The zero-order valence-corrected chi connectivity index (χ0v) is 8.72. The number of thiazole rings is 1. The maximum atomic E-state index is 9.21. The van der Waals surface area contributed by atoms with Crippen molar-refractivity contribution in [1.82, 2.24) is 4.98 Å². The molecule has 0 radical (unpaired) electrons. The number of hydrogen-bond acceptors (Lipinski definition) is 4. The van der Waals surface area contributed by atoms with Crippen molar-refractivity contribution in [2.75, 3.05) is 13.2 Å². The highest BCUT2D eigenvalue weighted by Crippen LogP contribution is 2.33. The van der Waals surface area contributed by atoms with Gasteiger partial charge in [0.05, 0.1) is 22.7 Å². The van der Waals surface area contributed by atoms with E-state index in [0.29, 0.717) is 13.2 Å². The summed E-state index contributed by atoms with van der Waals surface area (Å²) in [5.41, 5.74) is 2.63. The Labute approximate surface area is 87.3 Å². The Hall–Kier alpha value is -0.920. The SMILES string of the molecule is N#CC1(Cc2cscn2)CCOCC1. The highest BCUT2D eigenvalue weighted by Gasteiger charge is 2.33. The van der Waals surface area contributed by atoms with E-state index in [9.17, 15) is 5.26 Å². The molecular formula is C10H12N2OS. The van der Waals surface area contributed by atoms with Crippen LogP contribution in [0.25, 0.3) is 0 Å². The predicted octanol–water partition coefficient (Wildman–Crippen LogP) is 2.01. The van der Waals surface area contributed by atoms with Crippen LogP contribution in [0.3, 0.4) is 0 Å². The van der Waals surface area contributed by atoms with Gasteiger partial charge in [-0.3, -0.25) is 0 Å². The number of nitriles is 1. The molecule has 1 aromatic heterocycles. The number of nitrogens with zero attached hydrogens (tertiary/aromatic N) is 2. The van der Waals surface area contributed by atoms with Gasteiger partial charge in [0.1, 0.15) is 0 Å². The fraction of sp³-hybridized carbons (Fsp3) is 0.600. The van der Waals surface area contributed by atoms with E-state index in [0.717, 1.165) is 25.0 Å². The first-order chi connectivity index (χ1) is 6.85. The monoisotopic (exact) mass is 208 g/mol. The minimum Gasteiger partial charge on any atom is -0.381 e. The highest BCUT2D eigenvalue weighted by molar-refractivity contribution is 7.07. The summed E-state index contributed by atoms with van der Waals surface area (Å²) in [7, 11) is 0. The Morgan fingerprint density at radius 1 is 1.57 bits per heavy atom. The summed E-state index contributed by atoms with van der Waals surface area (Å²) in [6.45, 7) is 1.41. The Morgan fingerprint density at radius 3 is 2.93 bits per heavy atom. The molecule has 1 aliphatic heterocycles. The van der Waals surface area contributed by atoms with Gasteiger partial charge in [-0.25, -0.2) is 4.98 Å². The minimum atomic E-state index is -0.230. The third kappa shape index (κ3) is 1.94.